The summed E-state index contributed by atoms with van der Waals surface area (Å²) in [6.07, 6.45) is 3.63. The molecule has 1 saturated heterocycles. The fourth-order valence-corrected chi connectivity index (χ4v) is 2.77. The van der Waals surface area contributed by atoms with Crippen LogP contribution in [0.5, 0.6) is 0 Å². The second-order valence-corrected chi connectivity index (χ2v) is 5.45. The Bertz CT molecular complexity index is 547. The van der Waals surface area contributed by atoms with Gasteiger partial charge in [0.2, 0.25) is 5.95 Å². The van der Waals surface area contributed by atoms with Crippen LogP contribution in [-0.2, 0) is 6.54 Å². The first-order chi connectivity index (χ1) is 9.81. The largest absolute Gasteiger partial charge is 0.330 e. The highest BCUT2D eigenvalue weighted by atomic mass is 15.3. The Labute approximate surface area is 120 Å². The standard InChI is InChI=1S/C16H20N4/c1-14-4-2-5-15(12-14)13-19-8-10-20(11-9-19)16-17-6-3-7-18-16/h2-7,12H,8-11,13H2,1H3/p+1. The van der Waals surface area contributed by atoms with E-state index in [0.29, 0.717) is 0 Å². The Morgan fingerprint density at radius 2 is 1.85 bits per heavy atom. The van der Waals surface area contributed by atoms with E-state index in [1.807, 2.05) is 18.5 Å². The molecule has 1 N–H and O–H groups in total. The maximum atomic E-state index is 4.33. The summed E-state index contributed by atoms with van der Waals surface area (Å²) in [6, 6.07) is 10.7. The molecule has 1 aliphatic heterocycles. The summed E-state index contributed by atoms with van der Waals surface area (Å²) in [4.78, 5) is 12.6. The lowest BCUT2D eigenvalue weighted by Crippen LogP contribution is -3.13. The maximum absolute atomic E-state index is 4.33. The average Bonchev–Trinajstić information content (AvgIpc) is 2.49. The average molecular weight is 269 g/mol. The smallest absolute Gasteiger partial charge is 0.225 e. The van der Waals surface area contributed by atoms with Crippen LogP contribution in [0, 0.1) is 6.92 Å². The van der Waals surface area contributed by atoms with Crippen LogP contribution in [0.1, 0.15) is 11.1 Å². The van der Waals surface area contributed by atoms with Crippen molar-refractivity contribution in [2.45, 2.75) is 13.5 Å². The van der Waals surface area contributed by atoms with Crippen molar-refractivity contribution < 1.29 is 4.90 Å². The quantitative estimate of drug-likeness (QED) is 0.890. The number of nitrogens with zero attached hydrogens (tertiary/aromatic N) is 3. The zero-order valence-corrected chi connectivity index (χ0v) is 11.9. The fourth-order valence-electron chi connectivity index (χ4n) is 2.77. The molecule has 4 nitrogen and oxygen atoms in total. The van der Waals surface area contributed by atoms with Crippen LogP contribution < -0.4 is 9.80 Å². The molecule has 1 aromatic carbocycles. The fraction of sp³-hybridized carbons (Fsp3) is 0.375. The molecule has 0 amide bonds. The zero-order valence-electron chi connectivity index (χ0n) is 11.9. The van der Waals surface area contributed by atoms with Gasteiger partial charge in [0.15, 0.2) is 0 Å². The number of aryl methyl sites for hydroxylation is 1. The predicted octanol–water partition coefficient (Wildman–Crippen LogP) is 0.690. The predicted molar refractivity (Wildman–Crippen MR) is 79.8 cm³/mol. The lowest BCUT2D eigenvalue weighted by atomic mass is 10.1. The molecule has 3 rings (SSSR count). The Kier molecular flexibility index (Phi) is 3.92. The summed E-state index contributed by atoms with van der Waals surface area (Å²) in [5.74, 6) is 0.863. The lowest BCUT2D eigenvalue weighted by Gasteiger charge is -2.32. The van der Waals surface area contributed by atoms with Gasteiger partial charge in [-0.2, -0.15) is 0 Å². The number of nitrogens with one attached hydrogen (secondary N) is 1. The SMILES string of the molecule is Cc1cccc(C[NH+]2CCN(c3ncccn3)CC2)c1. The summed E-state index contributed by atoms with van der Waals surface area (Å²) < 4.78 is 0. The molecule has 0 unspecified atom stereocenters. The molecule has 0 aliphatic carbocycles. The van der Waals surface area contributed by atoms with Gasteiger partial charge in [0.05, 0.1) is 26.2 Å². The maximum Gasteiger partial charge on any atom is 0.225 e. The Morgan fingerprint density at radius 1 is 1.10 bits per heavy atom. The molecule has 20 heavy (non-hydrogen) atoms. The van der Waals surface area contributed by atoms with Gasteiger partial charge in [0.1, 0.15) is 6.54 Å². The first kappa shape index (κ1) is 13.1. The minimum absolute atomic E-state index is 0.863. The number of aromatic nitrogens is 2. The van der Waals surface area contributed by atoms with Crippen molar-refractivity contribution in [1.82, 2.24) is 9.97 Å². The molecule has 0 bridgehead atoms. The van der Waals surface area contributed by atoms with Gasteiger partial charge in [0.25, 0.3) is 0 Å². The first-order valence-corrected chi connectivity index (χ1v) is 7.22. The number of hydrogen-bond donors (Lipinski definition) is 1. The van der Waals surface area contributed by atoms with Crippen molar-refractivity contribution in [3.05, 3.63) is 53.9 Å². The van der Waals surface area contributed by atoms with Gasteiger partial charge >= 0.3 is 0 Å². The number of quaternary nitrogens is 1. The van der Waals surface area contributed by atoms with Crippen LogP contribution in [0.3, 0.4) is 0 Å². The van der Waals surface area contributed by atoms with E-state index in [1.165, 1.54) is 11.1 Å². The highest BCUT2D eigenvalue weighted by Crippen LogP contribution is 2.05. The number of benzene rings is 1. The van der Waals surface area contributed by atoms with E-state index in [0.717, 1.165) is 38.7 Å². The molecule has 1 aliphatic rings. The number of rotatable bonds is 3. The summed E-state index contributed by atoms with van der Waals surface area (Å²) >= 11 is 0. The minimum atomic E-state index is 0.863. The summed E-state index contributed by atoms with van der Waals surface area (Å²) in [5.41, 5.74) is 2.78. The van der Waals surface area contributed by atoms with Gasteiger partial charge in [-0.1, -0.05) is 29.8 Å². The van der Waals surface area contributed by atoms with Crippen LogP contribution in [0.2, 0.25) is 0 Å². The molecule has 0 spiro atoms. The second-order valence-electron chi connectivity index (χ2n) is 5.45. The van der Waals surface area contributed by atoms with E-state index in [2.05, 4.69) is 46.1 Å². The molecule has 4 heteroatoms. The molecule has 2 heterocycles. The lowest BCUT2D eigenvalue weighted by molar-refractivity contribution is -0.914. The first-order valence-electron chi connectivity index (χ1n) is 7.22. The van der Waals surface area contributed by atoms with Crippen LogP contribution in [0.25, 0.3) is 0 Å². The van der Waals surface area contributed by atoms with Gasteiger partial charge in [-0.05, 0) is 13.0 Å². The van der Waals surface area contributed by atoms with Gasteiger partial charge in [-0.25, -0.2) is 9.97 Å². The third kappa shape index (κ3) is 3.14. The van der Waals surface area contributed by atoms with Gasteiger partial charge < -0.3 is 9.80 Å². The van der Waals surface area contributed by atoms with Crippen molar-refractivity contribution in [2.24, 2.45) is 0 Å². The zero-order chi connectivity index (χ0) is 13.8. The van der Waals surface area contributed by atoms with Crippen LogP contribution in [0.15, 0.2) is 42.7 Å². The highest BCUT2D eigenvalue weighted by Gasteiger charge is 2.21. The third-order valence-corrected chi connectivity index (χ3v) is 3.84. The molecule has 1 fully saturated rings. The number of anilines is 1. The summed E-state index contributed by atoms with van der Waals surface area (Å²) in [5, 5.41) is 0. The number of piperazine rings is 1. The van der Waals surface area contributed by atoms with E-state index < -0.39 is 0 Å². The Balaban J connectivity index is 1.56. The molecule has 0 radical (unpaired) electrons. The van der Waals surface area contributed by atoms with Crippen LogP contribution in [0.4, 0.5) is 5.95 Å². The molecule has 104 valence electrons. The van der Waals surface area contributed by atoms with Gasteiger partial charge in [-0.15, -0.1) is 0 Å². The Hall–Kier alpha value is -1.94. The Morgan fingerprint density at radius 3 is 2.55 bits per heavy atom. The summed E-state index contributed by atoms with van der Waals surface area (Å²) in [7, 11) is 0. The van der Waals surface area contributed by atoms with Gasteiger partial charge in [-0.3, -0.25) is 0 Å². The molecular formula is C16H21N4+. The molecule has 1 aromatic heterocycles. The molecule has 0 atom stereocenters. The monoisotopic (exact) mass is 269 g/mol. The second kappa shape index (κ2) is 6.01. The van der Waals surface area contributed by atoms with Crippen molar-refractivity contribution in [1.29, 1.82) is 0 Å². The van der Waals surface area contributed by atoms with Crippen LogP contribution in [-0.4, -0.2) is 36.1 Å². The summed E-state index contributed by atoms with van der Waals surface area (Å²) in [6.45, 7) is 7.63. The molecular weight excluding hydrogens is 248 g/mol. The van der Waals surface area contributed by atoms with E-state index in [-0.39, 0.29) is 0 Å². The van der Waals surface area contributed by atoms with E-state index in [9.17, 15) is 0 Å². The topological polar surface area (TPSA) is 33.5 Å². The van der Waals surface area contributed by atoms with Crippen molar-refractivity contribution >= 4 is 5.95 Å². The van der Waals surface area contributed by atoms with Crippen molar-refractivity contribution in [2.75, 3.05) is 31.1 Å². The van der Waals surface area contributed by atoms with Crippen molar-refractivity contribution in [3.8, 4) is 0 Å². The van der Waals surface area contributed by atoms with E-state index >= 15 is 0 Å². The molecule has 0 saturated carbocycles. The van der Waals surface area contributed by atoms with E-state index in [1.54, 1.807) is 4.90 Å². The highest BCUT2D eigenvalue weighted by molar-refractivity contribution is 5.28. The molecule has 2 aromatic rings. The third-order valence-electron chi connectivity index (χ3n) is 3.84. The van der Waals surface area contributed by atoms with Crippen LogP contribution >= 0.6 is 0 Å². The minimum Gasteiger partial charge on any atom is -0.330 e. The normalized spacial score (nSPS) is 16.4. The van der Waals surface area contributed by atoms with E-state index in [4.69, 9.17) is 0 Å². The number of hydrogen-bond acceptors (Lipinski definition) is 3. The van der Waals surface area contributed by atoms with Gasteiger partial charge in [0, 0.05) is 18.0 Å². The van der Waals surface area contributed by atoms with Crippen molar-refractivity contribution in [3.63, 3.8) is 0 Å².